The third-order valence-electron chi connectivity index (χ3n) is 6.06. The average Bonchev–Trinajstić information content (AvgIpc) is 2.69. The molecule has 0 bridgehead atoms. The quantitative estimate of drug-likeness (QED) is 0.862. The molecular formula is C24H33N3O. The fourth-order valence-electron chi connectivity index (χ4n) is 4.74. The van der Waals surface area contributed by atoms with Crippen LogP contribution in [0, 0.1) is 0 Å². The molecule has 4 heteroatoms. The van der Waals surface area contributed by atoms with Crippen LogP contribution in [0.3, 0.4) is 0 Å². The molecule has 0 unspecified atom stereocenters. The molecule has 1 aliphatic heterocycles. The topological polar surface area (TPSA) is 41.7 Å². The number of aryl methyl sites for hydroxylation is 1. The zero-order valence-electron chi connectivity index (χ0n) is 17.2. The number of fused-ring (bicyclic) bond motifs is 1. The standard InChI is InChI=1S/C24H33N3O/c1-26(2)16-18-9-12-21(13-10-18)28-24-22-8-4-3-6-19(22)11-14-23(24)27-15-5-7-20(25)17-27/h3-4,6,8-10,12-13,20,23-24H,5,7,11,14-17,25H2,1-2H3/t20-,23-,24-/m0/s1. The fraction of sp³-hybridized carbons (Fsp3) is 0.500. The van der Waals surface area contributed by atoms with Crippen LogP contribution < -0.4 is 10.5 Å². The number of benzene rings is 2. The number of ether oxygens (including phenoxy) is 1. The first-order valence-electron chi connectivity index (χ1n) is 10.6. The molecule has 1 aliphatic carbocycles. The van der Waals surface area contributed by atoms with Gasteiger partial charge in [-0.05, 0) is 75.1 Å². The summed E-state index contributed by atoms with van der Waals surface area (Å²) in [6.07, 6.45) is 4.64. The van der Waals surface area contributed by atoms with Gasteiger partial charge in [0.25, 0.3) is 0 Å². The second kappa shape index (κ2) is 8.64. The first kappa shape index (κ1) is 19.4. The van der Waals surface area contributed by atoms with Crippen molar-refractivity contribution in [2.24, 2.45) is 5.73 Å². The van der Waals surface area contributed by atoms with Gasteiger partial charge in [0.15, 0.2) is 0 Å². The molecule has 28 heavy (non-hydrogen) atoms. The number of nitrogens with zero attached hydrogens (tertiary/aromatic N) is 2. The Hall–Kier alpha value is -1.88. The lowest BCUT2D eigenvalue weighted by atomic mass is 9.84. The maximum absolute atomic E-state index is 6.65. The Kier molecular flexibility index (Phi) is 6.00. The van der Waals surface area contributed by atoms with E-state index in [0.29, 0.717) is 6.04 Å². The van der Waals surface area contributed by atoms with Gasteiger partial charge in [-0.25, -0.2) is 0 Å². The zero-order valence-corrected chi connectivity index (χ0v) is 17.2. The summed E-state index contributed by atoms with van der Waals surface area (Å²) in [6, 6.07) is 18.1. The van der Waals surface area contributed by atoms with Gasteiger partial charge in [0, 0.05) is 19.1 Å². The summed E-state index contributed by atoms with van der Waals surface area (Å²) in [4.78, 5) is 4.76. The van der Waals surface area contributed by atoms with Gasteiger partial charge in [0.2, 0.25) is 0 Å². The van der Waals surface area contributed by atoms with Gasteiger partial charge in [-0.3, -0.25) is 4.90 Å². The Morgan fingerprint density at radius 2 is 1.86 bits per heavy atom. The molecule has 4 nitrogen and oxygen atoms in total. The van der Waals surface area contributed by atoms with Crippen molar-refractivity contribution in [2.45, 2.75) is 50.4 Å². The minimum atomic E-state index is 0.0648. The van der Waals surface area contributed by atoms with Crippen LogP contribution >= 0.6 is 0 Å². The van der Waals surface area contributed by atoms with Gasteiger partial charge >= 0.3 is 0 Å². The first-order valence-corrected chi connectivity index (χ1v) is 10.6. The Balaban J connectivity index is 1.58. The summed E-state index contributed by atoms with van der Waals surface area (Å²) in [6.45, 7) is 3.05. The van der Waals surface area contributed by atoms with Crippen LogP contribution in [0.4, 0.5) is 0 Å². The Labute approximate surface area is 169 Å². The normalized spacial score (nSPS) is 25.5. The third-order valence-corrected chi connectivity index (χ3v) is 6.06. The van der Waals surface area contributed by atoms with Crippen LogP contribution in [0.2, 0.25) is 0 Å². The molecule has 2 aromatic rings. The van der Waals surface area contributed by atoms with E-state index < -0.39 is 0 Å². The first-order chi connectivity index (χ1) is 13.6. The molecule has 0 radical (unpaired) electrons. The van der Waals surface area contributed by atoms with Gasteiger partial charge in [-0.1, -0.05) is 36.4 Å². The molecule has 4 rings (SSSR count). The van der Waals surface area contributed by atoms with Crippen molar-refractivity contribution in [2.75, 3.05) is 27.2 Å². The number of rotatable bonds is 5. The average molecular weight is 380 g/mol. The minimum absolute atomic E-state index is 0.0648. The highest BCUT2D eigenvalue weighted by molar-refractivity contribution is 5.35. The lowest BCUT2D eigenvalue weighted by Crippen LogP contribution is -2.51. The van der Waals surface area contributed by atoms with Crippen LogP contribution in [0.1, 0.15) is 42.1 Å². The highest BCUT2D eigenvalue weighted by atomic mass is 16.5. The maximum atomic E-state index is 6.65. The van der Waals surface area contributed by atoms with Crippen LogP contribution in [-0.4, -0.2) is 49.1 Å². The van der Waals surface area contributed by atoms with Crippen LogP contribution in [0.15, 0.2) is 48.5 Å². The molecule has 2 aromatic carbocycles. The van der Waals surface area contributed by atoms with E-state index in [1.165, 1.54) is 23.1 Å². The van der Waals surface area contributed by atoms with Gasteiger partial charge in [0.05, 0.1) is 6.04 Å². The molecule has 1 fully saturated rings. The molecule has 3 atom stereocenters. The Morgan fingerprint density at radius 1 is 1.07 bits per heavy atom. The molecule has 150 valence electrons. The number of hydrogen-bond donors (Lipinski definition) is 1. The van der Waals surface area contributed by atoms with E-state index in [2.05, 4.69) is 72.4 Å². The second-order valence-electron chi connectivity index (χ2n) is 8.62. The Morgan fingerprint density at radius 3 is 2.61 bits per heavy atom. The van der Waals surface area contributed by atoms with E-state index >= 15 is 0 Å². The predicted molar refractivity (Wildman–Crippen MR) is 115 cm³/mol. The van der Waals surface area contributed by atoms with Crippen molar-refractivity contribution < 1.29 is 4.74 Å². The molecule has 2 aliphatic rings. The van der Waals surface area contributed by atoms with Crippen molar-refractivity contribution in [3.63, 3.8) is 0 Å². The van der Waals surface area contributed by atoms with Gasteiger partial charge in [-0.2, -0.15) is 0 Å². The van der Waals surface area contributed by atoms with Gasteiger partial charge in [-0.15, -0.1) is 0 Å². The number of hydrogen-bond acceptors (Lipinski definition) is 4. The monoisotopic (exact) mass is 379 g/mol. The van der Waals surface area contributed by atoms with E-state index in [1.807, 2.05) is 0 Å². The molecule has 2 N–H and O–H groups in total. The number of piperidine rings is 1. The summed E-state index contributed by atoms with van der Waals surface area (Å²) in [5.41, 5.74) is 10.4. The number of nitrogens with two attached hydrogens (primary N) is 1. The summed E-state index contributed by atoms with van der Waals surface area (Å²) in [5, 5.41) is 0. The molecule has 0 spiro atoms. The number of likely N-dealkylation sites (tertiary alicyclic amines) is 1. The Bertz CT molecular complexity index is 774. The summed E-state index contributed by atoms with van der Waals surface area (Å²) in [7, 11) is 4.19. The lowest BCUT2D eigenvalue weighted by Gasteiger charge is -2.43. The third kappa shape index (κ3) is 4.40. The highest BCUT2D eigenvalue weighted by Crippen LogP contribution is 2.37. The summed E-state index contributed by atoms with van der Waals surface area (Å²) >= 11 is 0. The van der Waals surface area contributed by atoms with Crippen LogP contribution in [0.5, 0.6) is 5.75 Å². The predicted octanol–water partition coefficient (Wildman–Crippen LogP) is 3.61. The summed E-state index contributed by atoms with van der Waals surface area (Å²) < 4.78 is 6.65. The van der Waals surface area contributed by atoms with E-state index in [0.717, 1.165) is 44.6 Å². The van der Waals surface area contributed by atoms with Crippen molar-refractivity contribution in [3.05, 3.63) is 65.2 Å². The molecule has 0 saturated carbocycles. The van der Waals surface area contributed by atoms with E-state index in [1.54, 1.807) is 0 Å². The molecule has 1 saturated heterocycles. The van der Waals surface area contributed by atoms with Crippen molar-refractivity contribution >= 4 is 0 Å². The second-order valence-corrected chi connectivity index (χ2v) is 8.62. The van der Waals surface area contributed by atoms with Crippen molar-refractivity contribution in [1.29, 1.82) is 0 Å². The van der Waals surface area contributed by atoms with E-state index in [4.69, 9.17) is 10.5 Å². The molecule has 1 heterocycles. The fourth-order valence-corrected chi connectivity index (χ4v) is 4.74. The smallest absolute Gasteiger partial charge is 0.139 e. The van der Waals surface area contributed by atoms with Gasteiger partial charge < -0.3 is 15.4 Å². The van der Waals surface area contributed by atoms with Crippen LogP contribution in [0.25, 0.3) is 0 Å². The molecule has 0 amide bonds. The largest absolute Gasteiger partial charge is 0.484 e. The minimum Gasteiger partial charge on any atom is -0.484 e. The zero-order chi connectivity index (χ0) is 19.5. The lowest BCUT2D eigenvalue weighted by molar-refractivity contribution is 0.0367. The van der Waals surface area contributed by atoms with Crippen molar-refractivity contribution in [3.8, 4) is 5.75 Å². The van der Waals surface area contributed by atoms with Crippen molar-refractivity contribution in [1.82, 2.24) is 9.80 Å². The maximum Gasteiger partial charge on any atom is 0.139 e. The highest BCUT2D eigenvalue weighted by Gasteiger charge is 2.36. The molecule has 0 aromatic heterocycles. The van der Waals surface area contributed by atoms with Crippen LogP contribution in [-0.2, 0) is 13.0 Å². The van der Waals surface area contributed by atoms with Gasteiger partial charge in [0.1, 0.15) is 11.9 Å². The SMILES string of the molecule is CN(C)Cc1ccc(O[C@H]2c3ccccc3CC[C@@H]2N2CCC[C@H](N)C2)cc1. The summed E-state index contributed by atoms with van der Waals surface area (Å²) in [5.74, 6) is 0.954. The van der Waals surface area contributed by atoms with E-state index in [9.17, 15) is 0 Å². The van der Waals surface area contributed by atoms with E-state index in [-0.39, 0.29) is 12.1 Å². The molecular weight excluding hydrogens is 346 g/mol.